The molecule has 10 heteroatoms. The third-order valence-corrected chi connectivity index (χ3v) is 8.00. The van der Waals surface area contributed by atoms with Crippen LogP contribution in [0.3, 0.4) is 0 Å². The first-order chi connectivity index (χ1) is 20.2. The maximum atomic E-state index is 14.1. The van der Waals surface area contributed by atoms with Crippen LogP contribution in [0.2, 0.25) is 0 Å². The highest BCUT2D eigenvalue weighted by Gasteiger charge is 2.50. The number of phenols is 1. The van der Waals surface area contributed by atoms with Gasteiger partial charge < -0.3 is 25.1 Å². The zero-order valence-electron chi connectivity index (χ0n) is 24.3. The van der Waals surface area contributed by atoms with E-state index in [1.807, 2.05) is 55.6 Å². The van der Waals surface area contributed by atoms with E-state index in [9.17, 15) is 19.5 Å². The van der Waals surface area contributed by atoms with E-state index in [1.54, 1.807) is 51.1 Å². The zero-order chi connectivity index (χ0) is 29.8. The van der Waals surface area contributed by atoms with Gasteiger partial charge in [-0.05, 0) is 47.9 Å². The zero-order valence-corrected chi connectivity index (χ0v) is 24.3. The average Bonchev–Trinajstić information content (AvgIpc) is 2.99. The van der Waals surface area contributed by atoms with Gasteiger partial charge in [-0.15, -0.1) is 0 Å². The van der Waals surface area contributed by atoms with Gasteiger partial charge in [0.25, 0.3) is 0 Å². The number of nitrogens with one attached hydrogen (secondary N) is 1. The number of likely N-dealkylation sites (N-methyl/N-ethyl adjacent to an activating group) is 1. The summed E-state index contributed by atoms with van der Waals surface area (Å²) in [5.74, 6) is -0.254. The number of hydrazine groups is 1. The van der Waals surface area contributed by atoms with Crippen molar-refractivity contribution in [3.63, 3.8) is 0 Å². The summed E-state index contributed by atoms with van der Waals surface area (Å²) in [7, 11) is 3.74. The Morgan fingerprint density at radius 3 is 2.40 bits per heavy atom. The summed E-state index contributed by atoms with van der Waals surface area (Å²) in [5, 5.41) is 16.0. The summed E-state index contributed by atoms with van der Waals surface area (Å²) in [4.78, 5) is 46.7. The number of rotatable bonds is 8. The summed E-state index contributed by atoms with van der Waals surface area (Å²) in [6.07, 6.45) is -0.423. The molecule has 0 aromatic heterocycles. The van der Waals surface area contributed by atoms with Crippen molar-refractivity contribution in [3.05, 3.63) is 95.6 Å². The average molecular weight is 571 g/mol. The van der Waals surface area contributed by atoms with Gasteiger partial charge in [-0.3, -0.25) is 9.59 Å². The molecule has 220 valence electrons. The lowest BCUT2D eigenvalue weighted by Gasteiger charge is -2.54. The van der Waals surface area contributed by atoms with Crippen molar-refractivity contribution in [2.24, 2.45) is 0 Å². The standard InChI is InChI=1S/C32H38N6O4/c1-4-34(2)26-12-8-11-25(17-26)20-36-21-29-37(28(31(36)41)18-23-13-15-27(39)16-14-23)30(40)22-35(3)38(29)32(42)33-19-24-9-6-5-7-10-24/h5-17,28-29,39H,4,18-22H2,1-3H3,(H,33,42)/t28-,29+/m0/s1. The topological polar surface area (TPSA) is 99.7 Å². The van der Waals surface area contributed by atoms with Gasteiger partial charge in [0.1, 0.15) is 18.0 Å². The van der Waals surface area contributed by atoms with Crippen molar-refractivity contribution >= 4 is 23.5 Å². The maximum Gasteiger partial charge on any atom is 0.334 e. The molecule has 5 rings (SSSR count). The third kappa shape index (κ3) is 6.18. The molecule has 4 amide bonds. The molecule has 2 atom stereocenters. The van der Waals surface area contributed by atoms with E-state index in [0.29, 0.717) is 13.1 Å². The number of carbonyl (C=O) groups is 3. The van der Waals surface area contributed by atoms with Crippen molar-refractivity contribution in [1.82, 2.24) is 25.1 Å². The van der Waals surface area contributed by atoms with Crippen molar-refractivity contribution in [2.45, 2.75) is 38.6 Å². The Morgan fingerprint density at radius 1 is 0.976 bits per heavy atom. The Bertz CT molecular complexity index is 1420. The number of benzene rings is 3. The molecule has 2 aliphatic rings. The van der Waals surface area contributed by atoms with Gasteiger partial charge in [0.15, 0.2) is 0 Å². The van der Waals surface area contributed by atoms with E-state index in [1.165, 1.54) is 0 Å². The molecule has 0 bridgehead atoms. The van der Waals surface area contributed by atoms with E-state index in [-0.39, 0.29) is 43.1 Å². The van der Waals surface area contributed by atoms with E-state index < -0.39 is 12.2 Å². The maximum absolute atomic E-state index is 14.1. The van der Waals surface area contributed by atoms with Crippen LogP contribution in [0.15, 0.2) is 78.9 Å². The van der Waals surface area contributed by atoms with E-state index in [4.69, 9.17) is 0 Å². The molecule has 2 saturated heterocycles. The van der Waals surface area contributed by atoms with Crippen LogP contribution < -0.4 is 10.2 Å². The summed E-state index contributed by atoms with van der Waals surface area (Å²) in [6.45, 7) is 3.75. The number of urea groups is 1. The second-order valence-electron chi connectivity index (χ2n) is 10.9. The number of carbonyl (C=O) groups excluding carboxylic acids is 3. The molecule has 0 radical (unpaired) electrons. The first-order valence-electron chi connectivity index (χ1n) is 14.2. The molecule has 42 heavy (non-hydrogen) atoms. The molecule has 0 spiro atoms. The fourth-order valence-corrected chi connectivity index (χ4v) is 5.65. The monoisotopic (exact) mass is 570 g/mol. The fourth-order valence-electron chi connectivity index (χ4n) is 5.65. The molecular weight excluding hydrogens is 532 g/mol. The number of fused-ring (bicyclic) bond motifs is 1. The van der Waals surface area contributed by atoms with Gasteiger partial charge >= 0.3 is 6.03 Å². The Morgan fingerprint density at radius 2 is 1.69 bits per heavy atom. The molecule has 0 aliphatic carbocycles. The predicted molar refractivity (Wildman–Crippen MR) is 160 cm³/mol. The van der Waals surface area contributed by atoms with Crippen LogP contribution in [0.1, 0.15) is 23.6 Å². The lowest BCUT2D eigenvalue weighted by Crippen LogP contribution is -2.76. The molecule has 2 aliphatic heterocycles. The lowest BCUT2D eigenvalue weighted by atomic mass is 9.98. The second-order valence-corrected chi connectivity index (χ2v) is 10.9. The van der Waals surface area contributed by atoms with Gasteiger partial charge in [0.2, 0.25) is 11.8 Å². The number of aromatic hydroxyl groups is 1. The second kappa shape index (κ2) is 12.5. The van der Waals surface area contributed by atoms with Gasteiger partial charge in [-0.1, -0.05) is 54.6 Å². The molecule has 2 fully saturated rings. The van der Waals surface area contributed by atoms with Crippen LogP contribution >= 0.6 is 0 Å². The highest BCUT2D eigenvalue weighted by molar-refractivity contribution is 5.91. The number of hydrogen-bond donors (Lipinski definition) is 2. The number of anilines is 1. The Hall–Kier alpha value is -4.57. The predicted octanol–water partition coefficient (Wildman–Crippen LogP) is 3.03. The van der Waals surface area contributed by atoms with E-state index in [2.05, 4.69) is 23.2 Å². The quantitative estimate of drug-likeness (QED) is 0.432. The van der Waals surface area contributed by atoms with Gasteiger partial charge in [0.05, 0.1) is 13.1 Å². The van der Waals surface area contributed by atoms with Crippen molar-refractivity contribution in [3.8, 4) is 5.75 Å². The SMILES string of the molecule is CCN(C)c1cccc(CN2C[C@@H]3N(C(=O)CN(C)N3C(=O)NCc3ccccc3)[C@@H](Cc3ccc(O)cc3)C2=O)c1. The Kier molecular flexibility index (Phi) is 8.63. The molecule has 10 nitrogen and oxygen atoms in total. The van der Waals surface area contributed by atoms with Crippen LogP contribution in [-0.4, -0.2) is 88.7 Å². The Balaban J connectivity index is 1.46. The van der Waals surface area contributed by atoms with Crippen LogP contribution in [-0.2, 0) is 29.1 Å². The molecular formula is C32H38N6O4. The smallest absolute Gasteiger partial charge is 0.334 e. The van der Waals surface area contributed by atoms with Gasteiger partial charge in [-0.2, -0.15) is 0 Å². The minimum absolute atomic E-state index is 0.0278. The number of nitrogens with zero attached hydrogens (tertiary/aromatic N) is 5. The van der Waals surface area contributed by atoms with E-state index >= 15 is 0 Å². The molecule has 2 heterocycles. The summed E-state index contributed by atoms with van der Waals surface area (Å²) < 4.78 is 0. The Labute approximate surface area is 246 Å². The van der Waals surface area contributed by atoms with Crippen LogP contribution in [0.4, 0.5) is 10.5 Å². The summed E-state index contributed by atoms with van der Waals surface area (Å²) in [6, 6.07) is 23.2. The lowest BCUT2D eigenvalue weighted by molar-refractivity contribution is -0.187. The third-order valence-electron chi connectivity index (χ3n) is 8.00. The highest BCUT2D eigenvalue weighted by Crippen LogP contribution is 2.29. The van der Waals surface area contributed by atoms with Crippen molar-refractivity contribution < 1.29 is 19.5 Å². The summed E-state index contributed by atoms with van der Waals surface area (Å²) >= 11 is 0. The molecule has 2 N–H and O–H groups in total. The van der Waals surface area contributed by atoms with Crippen molar-refractivity contribution in [2.75, 3.05) is 38.6 Å². The molecule has 3 aromatic rings. The fraction of sp³-hybridized carbons (Fsp3) is 0.344. The highest BCUT2D eigenvalue weighted by atomic mass is 16.3. The first-order valence-corrected chi connectivity index (χ1v) is 14.2. The molecule has 0 unspecified atom stereocenters. The van der Waals surface area contributed by atoms with Gasteiger partial charge in [-0.25, -0.2) is 14.8 Å². The normalized spacial score (nSPS) is 19.1. The minimum Gasteiger partial charge on any atom is -0.508 e. The number of phenolic OH excluding ortho intramolecular Hbond substituents is 1. The van der Waals surface area contributed by atoms with Crippen LogP contribution in [0, 0.1) is 0 Å². The van der Waals surface area contributed by atoms with Gasteiger partial charge in [0, 0.05) is 45.8 Å². The minimum atomic E-state index is -0.805. The van der Waals surface area contributed by atoms with E-state index in [0.717, 1.165) is 28.9 Å². The number of piperazine rings is 1. The van der Waals surface area contributed by atoms with Crippen LogP contribution in [0.25, 0.3) is 0 Å². The van der Waals surface area contributed by atoms with Crippen molar-refractivity contribution in [1.29, 1.82) is 0 Å². The summed E-state index contributed by atoms with van der Waals surface area (Å²) in [5.41, 5.74) is 3.79. The molecule has 0 saturated carbocycles. The first kappa shape index (κ1) is 28.9. The number of amides is 4. The largest absolute Gasteiger partial charge is 0.508 e. The molecule has 3 aromatic carbocycles. The number of hydrogen-bond acceptors (Lipinski definition) is 6. The van der Waals surface area contributed by atoms with Crippen LogP contribution in [0.5, 0.6) is 5.75 Å².